The van der Waals surface area contributed by atoms with E-state index in [0.717, 1.165) is 5.56 Å². The van der Waals surface area contributed by atoms with Gasteiger partial charge in [-0.1, -0.05) is 45.0 Å². The second-order valence-corrected chi connectivity index (χ2v) is 7.59. The molecule has 27 heavy (non-hydrogen) atoms. The summed E-state index contributed by atoms with van der Waals surface area (Å²) in [5.74, 6) is 0.350. The molecule has 1 aromatic carbocycles. The van der Waals surface area contributed by atoms with Gasteiger partial charge >= 0.3 is 0 Å². The van der Waals surface area contributed by atoms with Crippen molar-refractivity contribution in [2.75, 3.05) is 13.6 Å². The molecule has 0 unspecified atom stereocenters. The van der Waals surface area contributed by atoms with Crippen molar-refractivity contribution in [1.82, 2.24) is 10.2 Å². The van der Waals surface area contributed by atoms with Gasteiger partial charge in [0.2, 0.25) is 11.8 Å². The fraction of sp³-hybridized carbons (Fsp3) is 0.364. The number of nitrogens with one attached hydrogen (secondary N) is 1. The van der Waals surface area contributed by atoms with Crippen LogP contribution in [0, 0.1) is 0 Å². The number of rotatable bonds is 7. The molecule has 0 saturated carbocycles. The van der Waals surface area contributed by atoms with Crippen LogP contribution in [0.2, 0.25) is 0 Å². The van der Waals surface area contributed by atoms with Crippen LogP contribution in [0.4, 0.5) is 0 Å². The van der Waals surface area contributed by atoms with E-state index in [1.807, 2.05) is 0 Å². The van der Waals surface area contributed by atoms with Crippen LogP contribution in [0.3, 0.4) is 0 Å². The summed E-state index contributed by atoms with van der Waals surface area (Å²) in [5.41, 5.74) is 2.47. The Bertz CT molecular complexity index is 769. The molecule has 0 atom stereocenters. The highest BCUT2D eigenvalue weighted by molar-refractivity contribution is 5.91. The highest BCUT2D eigenvalue weighted by atomic mass is 16.3. The topological polar surface area (TPSA) is 62.6 Å². The minimum absolute atomic E-state index is 0.00906. The highest BCUT2D eigenvalue weighted by Gasteiger charge is 2.14. The first kappa shape index (κ1) is 20.5. The second-order valence-electron chi connectivity index (χ2n) is 7.59. The van der Waals surface area contributed by atoms with Crippen molar-refractivity contribution in [3.05, 3.63) is 65.6 Å². The summed E-state index contributed by atoms with van der Waals surface area (Å²) in [6, 6.07) is 11.9. The Morgan fingerprint density at radius 3 is 2.44 bits per heavy atom. The molecule has 0 saturated heterocycles. The summed E-state index contributed by atoms with van der Waals surface area (Å²) in [7, 11) is 1.78. The van der Waals surface area contributed by atoms with E-state index in [0.29, 0.717) is 18.8 Å². The predicted octanol–water partition coefficient (Wildman–Crippen LogP) is 3.76. The molecule has 1 N–H and O–H groups in total. The molecule has 5 nitrogen and oxygen atoms in total. The van der Waals surface area contributed by atoms with Gasteiger partial charge in [-0.05, 0) is 34.8 Å². The van der Waals surface area contributed by atoms with Crippen molar-refractivity contribution in [3.8, 4) is 0 Å². The lowest BCUT2D eigenvalue weighted by molar-refractivity contribution is -0.130. The lowest BCUT2D eigenvalue weighted by atomic mass is 9.87. The zero-order valence-corrected chi connectivity index (χ0v) is 16.5. The normalized spacial score (nSPS) is 11.6. The summed E-state index contributed by atoms with van der Waals surface area (Å²) in [6.45, 7) is 7.38. The van der Waals surface area contributed by atoms with E-state index in [4.69, 9.17) is 4.42 Å². The van der Waals surface area contributed by atoms with Gasteiger partial charge in [-0.3, -0.25) is 9.59 Å². The highest BCUT2D eigenvalue weighted by Crippen LogP contribution is 2.22. The average molecular weight is 368 g/mol. The van der Waals surface area contributed by atoms with Gasteiger partial charge in [-0.2, -0.15) is 0 Å². The molecule has 0 spiro atoms. The zero-order chi connectivity index (χ0) is 19.9. The Labute approximate surface area is 161 Å². The quantitative estimate of drug-likeness (QED) is 0.757. The third-order valence-corrected chi connectivity index (χ3v) is 4.25. The smallest absolute Gasteiger partial charge is 0.244 e. The van der Waals surface area contributed by atoms with Crippen LogP contribution in [0.5, 0.6) is 0 Å². The SMILES string of the molecule is CN(Cc1ccc(C(C)(C)C)cc1)C(=O)CCNC(=O)C=Cc1ccco1. The van der Waals surface area contributed by atoms with Crippen molar-refractivity contribution >= 4 is 17.9 Å². The number of hydrogen-bond acceptors (Lipinski definition) is 3. The number of nitrogens with zero attached hydrogens (tertiary/aromatic N) is 1. The van der Waals surface area contributed by atoms with Crippen LogP contribution < -0.4 is 5.32 Å². The third-order valence-electron chi connectivity index (χ3n) is 4.25. The predicted molar refractivity (Wildman–Crippen MR) is 107 cm³/mol. The first-order valence-corrected chi connectivity index (χ1v) is 9.08. The first-order chi connectivity index (χ1) is 12.8. The molecule has 0 aliphatic rings. The summed E-state index contributed by atoms with van der Waals surface area (Å²) in [4.78, 5) is 25.6. The van der Waals surface area contributed by atoms with Crippen molar-refractivity contribution < 1.29 is 14.0 Å². The maximum Gasteiger partial charge on any atom is 0.244 e. The largest absolute Gasteiger partial charge is 0.465 e. The van der Waals surface area contributed by atoms with Gasteiger partial charge < -0.3 is 14.6 Å². The number of benzene rings is 1. The Morgan fingerprint density at radius 2 is 1.85 bits per heavy atom. The van der Waals surface area contributed by atoms with E-state index < -0.39 is 0 Å². The molecule has 0 aliphatic heterocycles. The minimum Gasteiger partial charge on any atom is -0.465 e. The molecule has 0 aliphatic carbocycles. The van der Waals surface area contributed by atoms with E-state index in [9.17, 15) is 9.59 Å². The van der Waals surface area contributed by atoms with E-state index in [1.54, 1.807) is 36.4 Å². The van der Waals surface area contributed by atoms with Crippen LogP contribution in [0.25, 0.3) is 6.08 Å². The van der Waals surface area contributed by atoms with E-state index in [1.165, 1.54) is 11.6 Å². The standard InChI is InChI=1S/C22H28N2O3/c1-22(2,3)18-9-7-17(8-10-18)16-24(4)21(26)13-14-23-20(25)12-11-19-6-5-15-27-19/h5-12,15H,13-14,16H2,1-4H3,(H,23,25). The fourth-order valence-electron chi connectivity index (χ4n) is 2.56. The van der Waals surface area contributed by atoms with Gasteiger partial charge in [0, 0.05) is 32.6 Å². The van der Waals surface area contributed by atoms with Crippen LogP contribution in [0.1, 0.15) is 44.1 Å². The maximum atomic E-state index is 12.2. The van der Waals surface area contributed by atoms with Gasteiger partial charge in [0.05, 0.1) is 6.26 Å². The van der Waals surface area contributed by atoms with Crippen molar-refractivity contribution in [1.29, 1.82) is 0 Å². The summed E-state index contributed by atoms with van der Waals surface area (Å²) < 4.78 is 5.11. The second kappa shape index (κ2) is 9.21. The number of hydrogen-bond donors (Lipinski definition) is 1. The molecule has 0 radical (unpaired) electrons. The number of carbonyl (C=O) groups excluding carboxylic acids is 2. The molecule has 2 amide bonds. The first-order valence-electron chi connectivity index (χ1n) is 9.08. The van der Waals surface area contributed by atoms with Crippen LogP contribution >= 0.6 is 0 Å². The number of amides is 2. The van der Waals surface area contributed by atoms with Gasteiger partial charge in [-0.15, -0.1) is 0 Å². The molecule has 0 bridgehead atoms. The fourth-order valence-corrected chi connectivity index (χ4v) is 2.56. The molecular weight excluding hydrogens is 340 g/mol. The van der Waals surface area contributed by atoms with Gasteiger partial charge in [-0.25, -0.2) is 0 Å². The van der Waals surface area contributed by atoms with Crippen LogP contribution in [0.15, 0.2) is 53.2 Å². The van der Waals surface area contributed by atoms with E-state index >= 15 is 0 Å². The molecular formula is C22H28N2O3. The number of carbonyl (C=O) groups is 2. The van der Waals surface area contributed by atoms with Crippen molar-refractivity contribution in [2.45, 2.75) is 39.2 Å². The molecule has 1 aromatic heterocycles. The molecule has 2 aromatic rings. The summed E-state index contributed by atoms with van der Waals surface area (Å²) >= 11 is 0. The lowest BCUT2D eigenvalue weighted by Crippen LogP contribution is -2.31. The van der Waals surface area contributed by atoms with Crippen LogP contribution in [-0.4, -0.2) is 30.3 Å². The van der Waals surface area contributed by atoms with Crippen LogP contribution in [-0.2, 0) is 21.5 Å². The van der Waals surface area contributed by atoms with E-state index in [-0.39, 0.29) is 23.7 Å². The lowest BCUT2D eigenvalue weighted by Gasteiger charge is -2.21. The molecule has 1 heterocycles. The monoisotopic (exact) mass is 368 g/mol. The summed E-state index contributed by atoms with van der Waals surface area (Å²) in [5, 5.41) is 2.70. The van der Waals surface area contributed by atoms with Crippen molar-refractivity contribution in [3.63, 3.8) is 0 Å². The maximum absolute atomic E-state index is 12.2. The Hall–Kier alpha value is -2.82. The minimum atomic E-state index is -0.250. The Morgan fingerprint density at radius 1 is 1.15 bits per heavy atom. The molecule has 0 fully saturated rings. The zero-order valence-electron chi connectivity index (χ0n) is 16.5. The van der Waals surface area contributed by atoms with Gasteiger partial charge in [0.1, 0.15) is 5.76 Å². The molecule has 5 heteroatoms. The Kier molecular flexibility index (Phi) is 6.99. The summed E-state index contributed by atoms with van der Waals surface area (Å²) in [6.07, 6.45) is 4.79. The number of furan rings is 1. The van der Waals surface area contributed by atoms with Gasteiger partial charge in [0.25, 0.3) is 0 Å². The van der Waals surface area contributed by atoms with Crippen molar-refractivity contribution in [2.24, 2.45) is 0 Å². The molecule has 2 rings (SSSR count). The Balaban J connectivity index is 1.74. The third kappa shape index (κ3) is 6.77. The average Bonchev–Trinajstić information content (AvgIpc) is 3.13. The molecule has 144 valence electrons. The van der Waals surface area contributed by atoms with E-state index in [2.05, 4.69) is 50.4 Å². The van der Waals surface area contributed by atoms with Gasteiger partial charge in [0.15, 0.2) is 0 Å².